The Labute approximate surface area is 179 Å². The molecule has 2 bridgehead atoms. The van der Waals surface area contributed by atoms with Crippen molar-refractivity contribution in [2.75, 3.05) is 19.8 Å². The van der Waals surface area contributed by atoms with Crippen LogP contribution in [0, 0.1) is 11.8 Å². The highest BCUT2D eigenvalue weighted by molar-refractivity contribution is 9.09. The van der Waals surface area contributed by atoms with Gasteiger partial charge in [-0.05, 0) is 26.2 Å². The van der Waals surface area contributed by atoms with E-state index in [1.54, 1.807) is 6.92 Å². The summed E-state index contributed by atoms with van der Waals surface area (Å²) in [5.74, 6) is -2.59. The molecule has 164 valence electrons. The molecule has 1 spiro atoms. The van der Waals surface area contributed by atoms with E-state index in [2.05, 4.69) is 21.2 Å². The lowest BCUT2D eigenvalue weighted by Gasteiger charge is -2.36. The molecule has 0 saturated carbocycles. The molecule has 0 aromatic heterocycles. The molecule has 8 nitrogen and oxygen atoms in total. The summed E-state index contributed by atoms with van der Waals surface area (Å²) in [6.45, 7) is 6.08. The number of nitrogens with one attached hydrogen (secondary N) is 1. The zero-order valence-electron chi connectivity index (χ0n) is 17.2. The molecule has 3 aliphatic rings. The Hall–Kier alpha value is -1.19. The number of likely N-dealkylation sites (tertiary alicyclic amines) is 1. The third-order valence-corrected chi connectivity index (χ3v) is 7.28. The zero-order chi connectivity index (χ0) is 21.3. The molecule has 0 radical (unpaired) electrons. The number of hydrogen-bond donors (Lipinski definition) is 2. The molecule has 3 saturated heterocycles. The minimum Gasteiger partial charge on any atom is -0.466 e. The molecule has 2 amide bonds. The minimum atomic E-state index is -1.09. The van der Waals surface area contributed by atoms with Gasteiger partial charge in [-0.1, -0.05) is 36.2 Å². The number of esters is 1. The topological polar surface area (TPSA) is 105 Å². The predicted molar refractivity (Wildman–Crippen MR) is 108 cm³/mol. The van der Waals surface area contributed by atoms with Gasteiger partial charge in [0.1, 0.15) is 11.6 Å². The lowest BCUT2D eigenvalue weighted by Crippen LogP contribution is -2.58. The van der Waals surface area contributed by atoms with E-state index in [4.69, 9.17) is 9.47 Å². The fraction of sp³-hybridized carbons (Fsp3) is 0.850. The van der Waals surface area contributed by atoms with E-state index >= 15 is 0 Å². The highest BCUT2D eigenvalue weighted by Crippen LogP contribution is 2.60. The predicted octanol–water partition coefficient (Wildman–Crippen LogP) is 0.985. The van der Waals surface area contributed by atoms with Gasteiger partial charge in [0.25, 0.3) is 0 Å². The maximum Gasteiger partial charge on any atom is 0.312 e. The van der Waals surface area contributed by atoms with Gasteiger partial charge in [-0.25, -0.2) is 0 Å². The second-order valence-electron chi connectivity index (χ2n) is 8.05. The number of amides is 2. The van der Waals surface area contributed by atoms with Gasteiger partial charge in [0.05, 0.1) is 37.2 Å². The smallest absolute Gasteiger partial charge is 0.312 e. The number of aliphatic hydroxyl groups excluding tert-OH is 1. The SMILES string of the molecule is CCCCNC(=O)C1N([C@@H](CC)CO)C(=O)[C@@H]2[C@H](C(=O)OCC)[C@H]3OC12CC3Br. The van der Waals surface area contributed by atoms with E-state index in [-0.39, 0.29) is 29.9 Å². The third kappa shape index (κ3) is 3.49. The summed E-state index contributed by atoms with van der Waals surface area (Å²) in [4.78, 5) is 40.8. The van der Waals surface area contributed by atoms with Crippen molar-refractivity contribution in [2.45, 2.75) is 75.1 Å². The average Bonchev–Trinajstić information content (AvgIpc) is 3.27. The Morgan fingerprint density at radius 3 is 2.72 bits per heavy atom. The molecule has 3 rings (SSSR count). The largest absolute Gasteiger partial charge is 0.466 e. The van der Waals surface area contributed by atoms with Gasteiger partial charge in [0, 0.05) is 11.4 Å². The van der Waals surface area contributed by atoms with Crippen LogP contribution in [0.25, 0.3) is 0 Å². The van der Waals surface area contributed by atoms with E-state index in [9.17, 15) is 19.5 Å². The second-order valence-corrected chi connectivity index (χ2v) is 9.23. The summed E-state index contributed by atoms with van der Waals surface area (Å²) < 4.78 is 11.5. The molecule has 0 aromatic carbocycles. The van der Waals surface area contributed by atoms with Crippen molar-refractivity contribution >= 4 is 33.7 Å². The van der Waals surface area contributed by atoms with Crippen LogP contribution in [0.15, 0.2) is 0 Å². The monoisotopic (exact) mass is 474 g/mol. The first-order valence-electron chi connectivity index (χ1n) is 10.6. The van der Waals surface area contributed by atoms with Crippen molar-refractivity contribution in [3.8, 4) is 0 Å². The Kier molecular flexibility index (Phi) is 6.90. The highest BCUT2D eigenvalue weighted by Gasteiger charge is 2.77. The first kappa shape index (κ1) is 22.5. The number of rotatable bonds is 9. The summed E-state index contributed by atoms with van der Waals surface area (Å²) in [7, 11) is 0. The first-order valence-corrected chi connectivity index (χ1v) is 11.5. The van der Waals surface area contributed by atoms with Gasteiger partial charge in [0.15, 0.2) is 0 Å². The van der Waals surface area contributed by atoms with Crippen molar-refractivity contribution in [1.29, 1.82) is 0 Å². The molecule has 3 heterocycles. The molecule has 9 heteroatoms. The maximum atomic E-state index is 13.5. The van der Waals surface area contributed by atoms with Crippen molar-refractivity contribution in [1.82, 2.24) is 10.2 Å². The number of hydrogen-bond acceptors (Lipinski definition) is 6. The summed E-state index contributed by atoms with van der Waals surface area (Å²) in [6, 6.07) is -1.39. The van der Waals surface area contributed by atoms with Gasteiger partial charge in [-0.15, -0.1) is 0 Å². The minimum absolute atomic E-state index is 0.152. The summed E-state index contributed by atoms with van der Waals surface area (Å²) in [5, 5.41) is 12.8. The fourth-order valence-corrected chi connectivity index (χ4v) is 6.11. The molecule has 3 fully saturated rings. The standard InChI is InChI=1S/C20H31BrN2O6/c1-4-7-8-22-17(25)16-20-9-12(21)15(29-20)13(19(27)28-6-3)14(20)18(26)23(16)11(5-2)10-24/h11-16,24H,4-10H2,1-3H3,(H,22,25)/t11-,12?,13-,14-,15-,16?,20?/m0/s1. The number of halogens is 1. The van der Waals surface area contributed by atoms with Crippen LogP contribution in [0.2, 0.25) is 0 Å². The molecular formula is C20H31BrN2O6. The van der Waals surface area contributed by atoms with E-state index in [1.807, 2.05) is 13.8 Å². The van der Waals surface area contributed by atoms with E-state index in [1.165, 1.54) is 4.90 Å². The summed E-state index contributed by atoms with van der Waals surface area (Å²) in [5.41, 5.74) is -1.09. The maximum absolute atomic E-state index is 13.5. The zero-order valence-corrected chi connectivity index (χ0v) is 18.8. The Balaban J connectivity index is 2.01. The van der Waals surface area contributed by atoms with Crippen LogP contribution in [0.3, 0.4) is 0 Å². The molecule has 29 heavy (non-hydrogen) atoms. The van der Waals surface area contributed by atoms with Gasteiger partial charge in [0.2, 0.25) is 11.8 Å². The number of carbonyl (C=O) groups is 3. The van der Waals surface area contributed by atoms with Crippen LogP contribution < -0.4 is 5.32 Å². The highest BCUT2D eigenvalue weighted by atomic mass is 79.9. The quantitative estimate of drug-likeness (QED) is 0.293. The Bertz CT molecular complexity index is 657. The van der Waals surface area contributed by atoms with Crippen molar-refractivity contribution < 1.29 is 29.0 Å². The van der Waals surface area contributed by atoms with Crippen LogP contribution in [0.1, 0.15) is 46.5 Å². The molecule has 3 unspecified atom stereocenters. The van der Waals surface area contributed by atoms with Crippen LogP contribution in [-0.2, 0) is 23.9 Å². The van der Waals surface area contributed by atoms with Crippen molar-refractivity contribution in [3.05, 3.63) is 0 Å². The van der Waals surface area contributed by atoms with Gasteiger partial charge in [-0.2, -0.15) is 0 Å². The van der Waals surface area contributed by atoms with Gasteiger partial charge < -0.3 is 24.8 Å². The second kappa shape index (κ2) is 8.89. The molecule has 2 N–H and O–H groups in total. The lowest BCUT2D eigenvalue weighted by molar-refractivity contribution is -0.155. The number of carbonyl (C=O) groups excluding carboxylic acids is 3. The summed E-state index contributed by atoms with van der Waals surface area (Å²) >= 11 is 3.59. The number of fused-ring (bicyclic) bond motifs is 1. The van der Waals surface area contributed by atoms with Crippen molar-refractivity contribution in [3.63, 3.8) is 0 Å². The van der Waals surface area contributed by atoms with Crippen LogP contribution in [0.5, 0.6) is 0 Å². The summed E-state index contributed by atoms with van der Waals surface area (Å²) in [6.07, 6.45) is 2.20. The lowest BCUT2D eigenvalue weighted by atomic mass is 9.70. The van der Waals surface area contributed by atoms with E-state index in [0.29, 0.717) is 19.4 Å². The number of unbranched alkanes of at least 4 members (excludes halogenated alkanes) is 1. The van der Waals surface area contributed by atoms with Crippen molar-refractivity contribution in [2.24, 2.45) is 11.8 Å². The van der Waals surface area contributed by atoms with Crippen LogP contribution in [0.4, 0.5) is 0 Å². The first-order chi connectivity index (χ1) is 13.9. The normalized spacial score (nSPS) is 36.2. The molecule has 0 aliphatic carbocycles. The van der Waals surface area contributed by atoms with Gasteiger partial charge in [-0.3, -0.25) is 14.4 Å². The van der Waals surface area contributed by atoms with E-state index in [0.717, 1.165) is 12.8 Å². The molecule has 3 aliphatic heterocycles. The number of ether oxygens (including phenoxy) is 2. The molecule has 0 aromatic rings. The Morgan fingerprint density at radius 2 is 2.14 bits per heavy atom. The van der Waals surface area contributed by atoms with Crippen LogP contribution >= 0.6 is 15.9 Å². The number of alkyl halides is 1. The number of nitrogens with zero attached hydrogens (tertiary/aromatic N) is 1. The molecule has 7 atom stereocenters. The fourth-order valence-electron chi connectivity index (χ4n) is 5.17. The molecular weight excluding hydrogens is 444 g/mol. The van der Waals surface area contributed by atoms with Crippen LogP contribution in [-0.4, -0.2) is 76.2 Å². The Morgan fingerprint density at radius 1 is 1.41 bits per heavy atom. The van der Waals surface area contributed by atoms with Gasteiger partial charge >= 0.3 is 5.97 Å². The average molecular weight is 475 g/mol. The van der Waals surface area contributed by atoms with E-state index < -0.39 is 41.6 Å². The third-order valence-electron chi connectivity index (χ3n) is 6.44. The number of aliphatic hydroxyl groups is 1.